The van der Waals surface area contributed by atoms with Gasteiger partial charge in [-0.25, -0.2) is 0 Å². The molecule has 0 atom stereocenters. The van der Waals surface area contributed by atoms with Gasteiger partial charge in [-0.2, -0.15) is 0 Å². The molecule has 0 unspecified atom stereocenters. The molecule has 0 bridgehead atoms. The minimum atomic E-state index is 0.948. The first kappa shape index (κ1) is 12.8. The molecule has 0 radical (unpaired) electrons. The van der Waals surface area contributed by atoms with E-state index in [2.05, 4.69) is 68.6 Å². The van der Waals surface area contributed by atoms with Crippen LogP contribution in [0.5, 0.6) is 0 Å². The van der Waals surface area contributed by atoms with Gasteiger partial charge in [-0.15, -0.1) is 0 Å². The smallest absolute Gasteiger partial charge is 0.0205 e. The van der Waals surface area contributed by atoms with Gasteiger partial charge in [-0.1, -0.05) is 49.4 Å². The summed E-state index contributed by atoms with van der Waals surface area (Å²) in [5.74, 6) is 0. The van der Waals surface area contributed by atoms with Crippen LogP contribution >= 0.6 is 0 Å². The average molecular weight is 239 g/mol. The van der Waals surface area contributed by atoms with Gasteiger partial charge >= 0.3 is 0 Å². The van der Waals surface area contributed by atoms with Crippen LogP contribution in [0.4, 0.5) is 0 Å². The van der Waals surface area contributed by atoms with E-state index in [1.807, 2.05) is 0 Å². The van der Waals surface area contributed by atoms with E-state index < -0.39 is 0 Å². The second-order valence-electron chi connectivity index (χ2n) is 4.78. The molecule has 0 aliphatic rings. The monoisotopic (exact) mass is 239 g/mol. The SMILES string of the molecule is CCNCc1ccc(-c2ccc(C)c(C)c2)cc1. The lowest BCUT2D eigenvalue weighted by molar-refractivity contribution is 0.727. The average Bonchev–Trinajstić information content (AvgIpc) is 2.40. The van der Waals surface area contributed by atoms with E-state index >= 15 is 0 Å². The fourth-order valence-corrected chi connectivity index (χ4v) is 2.01. The summed E-state index contributed by atoms with van der Waals surface area (Å²) in [7, 11) is 0. The van der Waals surface area contributed by atoms with Crippen LogP contribution in [0.2, 0.25) is 0 Å². The van der Waals surface area contributed by atoms with Crippen molar-refractivity contribution in [2.24, 2.45) is 0 Å². The highest BCUT2D eigenvalue weighted by Crippen LogP contribution is 2.22. The van der Waals surface area contributed by atoms with Gasteiger partial charge in [0.25, 0.3) is 0 Å². The van der Waals surface area contributed by atoms with Gasteiger partial charge in [0.05, 0.1) is 0 Å². The first-order chi connectivity index (χ1) is 8.70. The van der Waals surface area contributed by atoms with Gasteiger partial charge in [0.2, 0.25) is 0 Å². The number of aryl methyl sites for hydroxylation is 2. The fraction of sp³-hybridized carbons (Fsp3) is 0.294. The molecule has 1 N–H and O–H groups in total. The van der Waals surface area contributed by atoms with Crippen LogP contribution in [-0.2, 0) is 6.54 Å². The van der Waals surface area contributed by atoms with E-state index in [9.17, 15) is 0 Å². The summed E-state index contributed by atoms with van der Waals surface area (Å²) in [6.07, 6.45) is 0. The molecule has 0 saturated heterocycles. The molecule has 0 saturated carbocycles. The summed E-state index contributed by atoms with van der Waals surface area (Å²) in [6.45, 7) is 8.41. The Bertz CT molecular complexity index is 512. The molecule has 1 nitrogen and oxygen atoms in total. The second kappa shape index (κ2) is 5.83. The molecular formula is C17H21N. The first-order valence-corrected chi connectivity index (χ1v) is 6.58. The molecule has 0 fully saturated rings. The highest BCUT2D eigenvalue weighted by atomic mass is 14.8. The maximum absolute atomic E-state index is 3.34. The third-order valence-electron chi connectivity index (χ3n) is 3.37. The van der Waals surface area contributed by atoms with Crippen molar-refractivity contribution < 1.29 is 0 Å². The Balaban J connectivity index is 2.20. The van der Waals surface area contributed by atoms with Crippen molar-refractivity contribution in [2.45, 2.75) is 27.3 Å². The summed E-state index contributed by atoms with van der Waals surface area (Å²) in [4.78, 5) is 0. The third kappa shape index (κ3) is 2.99. The minimum Gasteiger partial charge on any atom is -0.313 e. The summed E-state index contributed by atoms with van der Waals surface area (Å²) >= 11 is 0. The van der Waals surface area contributed by atoms with Gasteiger partial charge in [0.1, 0.15) is 0 Å². The van der Waals surface area contributed by atoms with Crippen LogP contribution < -0.4 is 5.32 Å². The lowest BCUT2D eigenvalue weighted by Gasteiger charge is -2.07. The van der Waals surface area contributed by atoms with E-state index in [4.69, 9.17) is 0 Å². The number of nitrogens with one attached hydrogen (secondary N) is 1. The van der Waals surface area contributed by atoms with Crippen molar-refractivity contribution in [2.75, 3.05) is 6.54 Å². The van der Waals surface area contributed by atoms with E-state index in [-0.39, 0.29) is 0 Å². The van der Waals surface area contributed by atoms with Gasteiger partial charge < -0.3 is 5.32 Å². The summed E-state index contributed by atoms with van der Waals surface area (Å²) in [5, 5.41) is 3.34. The van der Waals surface area contributed by atoms with Gasteiger partial charge in [0, 0.05) is 6.54 Å². The van der Waals surface area contributed by atoms with Crippen molar-refractivity contribution in [1.82, 2.24) is 5.32 Å². The predicted molar refractivity (Wildman–Crippen MR) is 78.7 cm³/mol. The highest BCUT2D eigenvalue weighted by molar-refractivity contribution is 5.65. The van der Waals surface area contributed by atoms with Crippen LogP contribution in [0.3, 0.4) is 0 Å². The van der Waals surface area contributed by atoms with E-state index in [1.54, 1.807) is 0 Å². The van der Waals surface area contributed by atoms with E-state index in [0.717, 1.165) is 13.1 Å². The zero-order chi connectivity index (χ0) is 13.0. The Labute approximate surface area is 110 Å². The molecule has 0 heterocycles. The lowest BCUT2D eigenvalue weighted by atomic mass is 10.00. The molecule has 0 amide bonds. The van der Waals surface area contributed by atoms with Gasteiger partial charge in [-0.05, 0) is 48.2 Å². The maximum Gasteiger partial charge on any atom is 0.0205 e. The molecule has 2 rings (SSSR count). The normalized spacial score (nSPS) is 10.6. The Morgan fingerprint density at radius 1 is 0.833 bits per heavy atom. The molecule has 94 valence electrons. The molecule has 1 heteroatoms. The Kier molecular flexibility index (Phi) is 4.16. The van der Waals surface area contributed by atoms with Crippen LogP contribution in [0.15, 0.2) is 42.5 Å². The summed E-state index contributed by atoms with van der Waals surface area (Å²) in [6, 6.07) is 15.5. The number of rotatable bonds is 4. The molecule has 2 aromatic carbocycles. The minimum absolute atomic E-state index is 0.948. The second-order valence-corrected chi connectivity index (χ2v) is 4.78. The maximum atomic E-state index is 3.34. The number of hydrogen-bond acceptors (Lipinski definition) is 1. The molecule has 0 aliphatic carbocycles. The van der Waals surface area contributed by atoms with Crippen molar-refractivity contribution in [3.63, 3.8) is 0 Å². The van der Waals surface area contributed by atoms with Crippen molar-refractivity contribution in [1.29, 1.82) is 0 Å². The molecule has 2 aromatic rings. The molecule has 0 aromatic heterocycles. The quantitative estimate of drug-likeness (QED) is 0.847. The Hall–Kier alpha value is -1.60. The topological polar surface area (TPSA) is 12.0 Å². The Morgan fingerprint density at radius 2 is 1.50 bits per heavy atom. The fourth-order valence-electron chi connectivity index (χ4n) is 2.01. The number of hydrogen-bond donors (Lipinski definition) is 1. The third-order valence-corrected chi connectivity index (χ3v) is 3.37. The van der Waals surface area contributed by atoms with Crippen LogP contribution in [0.1, 0.15) is 23.6 Å². The standard InChI is InChI=1S/C17H21N/c1-4-18-12-15-6-9-16(10-7-15)17-8-5-13(2)14(3)11-17/h5-11,18H,4,12H2,1-3H3. The van der Waals surface area contributed by atoms with Crippen LogP contribution in [0.25, 0.3) is 11.1 Å². The van der Waals surface area contributed by atoms with Crippen molar-refractivity contribution in [3.8, 4) is 11.1 Å². The lowest BCUT2D eigenvalue weighted by Crippen LogP contribution is -2.11. The zero-order valence-electron chi connectivity index (χ0n) is 11.5. The summed E-state index contributed by atoms with van der Waals surface area (Å²) < 4.78 is 0. The van der Waals surface area contributed by atoms with E-state index in [1.165, 1.54) is 27.8 Å². The van der Waals surface area contributed by atoms with Crippen molar-refractivity contribution >= 4 is 0 Å². The summed E-state index contributed by atoms with van der Waals surface area (Å²) in [5.41, 5.74) is 6.63. The van der Waals surface area contributed by atoms with E-state index in [0.29, 0.717) is 0 Å². The molecular weight excluding hydrogens is 218 g/mol. The van der Waals surface area contributed by atoms with Crippen molar-refractivity contribution in [3.05, 3.63) is 59.2 Å². The highest BCUT2D eigenvalue weighted by Gasteiger charge is 2.00. The largest absolute Gasteiger partial charge is 0.313 e. The van der Waals surface area contributed by atoms with Gasteiger partial charge in [-0.3, -0.25) is 0 Å². The van der Waals surface area contributed by atoms with Gasteiger partial charge in [0.15, 0.2) is 0 Å². The predicted octanol–water partition coefficient (Wildman–Crippen LogP) is 4.08. The molecule has 0 aliphatic heterocycles. The van der Waals surface area contributed by atoms with Crippen LogP contribution in [0, 0.1) is 13.8 Å². The Morgan fingerprint density at radius 3 is 2.11 bits per heavy atom. The zero-order valence-corrected chi connectivity index (χ0v) is 11.5. The first-order valence-electron chi connectivity index (χ1n) is 6.58. The number of benzene rings is 2. The van der Waals surface area contributed by atoms with Crippen LogP contribution in [-0.4, -0.2) is 6.54 Å². The molecule has 18 heavy (non-hydrogen) atoms. The molecule has 0 spiro atoms.